The Kier molecular flexibility index (Phi) is 2.96. The highest BCUT2D eigenvalue weighted by Crippen LogP contribution is 2.27. The van der Waals surface area contributed by atoms with Crippen molar-refractivity contribution in [3.8, 4) is 0 Å². The maximum atomic E-state index is 12.4. The van der Waals surface area contributed by atoms with E-state index < -0.39 is 0 Å². The molecule has 2 bridgehead atoms. The molecule has 2 saturated heterocycles. The molecule has 3 atom stereocenters. The van der Waals surface area contributed by atoms with Crippen molar-refractivity contribution in [3.05, 3.63) is 29.7 Å². The summed E-state index contributed by atoms with van der Waals surface area (Å²) in [7, 11) is 0. The van der Waals surface area contributed by atoms with E-state index in [1.54, 1.807) is 12.1 Å². The highest BCUT2D eigenvalue weighted by molar-refractivity contribution is 5.97. The highest BCUT2D eigenvalue weighted by Gasteiger charge is 2.32. The molecule has 2 aromatic rings. The summed E-state index contributed by atoms with van der Waals surface area (Å²) in [6.45, 7) is 5.18. The van der Waals surface area contributed by atoms with Gasteiger partial charge < -0.3 is 14.6 Å². The normalized spacial score (nSPS) is 28.0. The number of hydrogen-bond donors (Lipinski definition) is 1. The largest absolute Gasteiger partial charge is 0.441 e. The van der Waals surface area contributed by atoms with Crippen molar-refractivity contribution in [1.29, 1.82) is 0 Å². The third kappa shape index (κ3) is 2.42. The van der Waals surface area contributed by atoms with Gasteiger partial charge in [0.15, 0.2) is 11.5 Å². The van der Waals surface area contributed by atoms with Crippen LogP contribution in [0.25, 0.3) is 11.1 Å². The first-order chi connectivity index (χ1) is 10.2. The van der Waals surface area contributed by atoms with E-state index in [1.807, 2.05) is 13.0 Å². The Morgan fingerprint density at radius 1 is 1.43 bits per heavy atom. The molecule has 1 aromatic carbocycles. The Balaban J connectivity index is 1.50. The molecule has 0 saturated carbocycles. The standard InChI is InChI=1S/C16H19N3O2/c1-10-17-14-7-12(2-3-15(14)21-10)16(20)18-13-6-11-4-5-19(8-11)9-13/h2-3,7,11,13H,4-6,8-9H2,1H3,(H,18,20). The van der Waals surface area contributed by atoms with Crippen molar-refractivity contribution < 1.29 is 9.21 Å². The van der Waals surface area contributed by atoms with Crippen LogP contribution in [-0.2, 0) is 0 Å². The predicted octanol–water partition coefficient (Wildman–Crippen LogP) is 1.96. The summed E-state index contributed by atoms with van der Waals surface area (Å²) in [4.78, 5) is 19.1. The van der Waals surface area contributed by atoms with E-state index in [0.717, 1.165) is 30.0 Å². The number of nitrogens with one attached hydrogen (secondary N) is 1. The van der Waals surface area contributed by atoms with Crippen molar-refractivity contribution in [1.82, 2.24) is 15.2 Å². The highest BCUT2D eigenvalue weighted by atomic mass is 16.3. The van der Waals surface area contributed by atoms with Crippen molar-refractivity contribution in [2.75, 3.05) is 19.6 Å². The molecule has 0 spiro atoms. The molecule has 2 aliphatic heterocycles. The minimum absolute atomic E-state index is 0.00921. The lowest BCUT2D eigenvalue weighted by atomic mass is 9.96. The number of rotatable bonds is 2. The molecule has 1 aromatic heterocycles. The van der Waals surface area contributed by atoms with Crippen LogP contribution in [0, 0.1) is 12.8 Å². The van der Waals surface area contributed by atoms with E-state index in [1.165, 1.54) is 19.5 Å². The van der Waals surface area contributed by atoms with Crippen LogP contribution in [0.5, 0.6) is 0 Å². The zero-order valence-electron chi connectivity index (χ0n) is 12.1. The molecule has 110 valence electrons. The lowest BCUT2D eigenvalue weighted by Gasteiger charge is -2.30. The van der Waals surface area contributed by atoms with Crippen LogP contribution in [0.15, 0.2) is 22.6 Å². The van der Waals surface area contributed by atoms with E-state index in [0.29, 0.717) is 11.5 Å². The number of nitrogens with zero attached hydrogens (tertiary/aromatic N) is 2. The molecule has 3 heterocycles. The van der Waals surface area contributed by atoms with Gasteiger partial charge in [0.2, 0.25) is 0 Å². The molecule has 1 amide bonds. The fourth-order valence-electron chi connectivity index (χ4n) is 3.62. The van der Waals surface area contributed by atoms with Crippen molar-refractivity contribution in [2.45, 2.75) is 25.8 Å². The van der Waals surface area contributed by atoms with E-state index in [4.69, 9.17) is 4.42 Å². The minimum Gasteiger partial charge on any atom is -0.441 e. The van der Waals surface area contributed by atoms with Gasteiger partial charge in [0.1, 0.15) is 5.52 Å². The molecule has 3 unspecified atom stereocenters. The number of benzene rings is 1. The van der Waals surface area contributed by atoms with Crippen LogP contribution in [-0.4, -0.2) is 41.5 Å². The van der Waals surface area contributed by atoms with Gasteiger partial charge in [-0.2, -0.15) is 0 Å². The number of piperidine rings is 1. The first-order valence-corrected chi connectivity index (χ1v) is 7.58. The summed E-state index contributed by atoms with van der Waals surface area (Å²) in [5.74, 6) is 1.37. The average molecular weight is 285 g/mol. The van der Waals surface area contributed by atoms with Gasteiger partial charge in [-0.05, 0) is 43.5 Å². The predicted molar refractivity (Wildman–Crippen MR) is 79.2 cm³/mol. The third-order valence-corrected chi connectivity index (χ3v) is 4.56. The second-order valence-electron chi connectivity index (χ2n) is 6.24. The quantitative estimate of drug-likeness (QED) is 0.916. The Labute approximate surface area is 123 Å². The van der Waals surface area contributed by atoms with Crippen LogP contribution >= 0.6 is 0 Å². The number of amides is 1. The molecule has 2 fully saturated rings. The van der Waals surface area contributed by atoms with Gasteiger partial charge in [0.05, 0.1) is 0 Å². The number of fused-ring (bicyclic) bond motifs is 3. The zero-order chi connectivity index (χ0) is 14.4. The van der Waals surface area contributed by atoms with Gasteiger partial charge in [0, 0.05) is 31.6 Å². The molecule has 0 aliphatic carbocycles. The molecule has 4 rings (SSSR count). The summed E-state index contributed by atoms with van der Waals surface area (Å²) in [6, 6.07) is 5.70. The average Bonchev–Trinajstić information content (AvgIpc) is 2.99. The third-order valence-electron chi connectivity index (χ3n) is 4.56. The molecule has 0 radical (unpaired) electrons. The second-order valence-corrected chi connectivity index (χ2v) is 6.24. The van der Waals surface area contributed by atoms with Gasteiger partial charge in [-0.25, -0.2) is 4.98 Å². The second kappa shape index (κ2) is 4.84. The fourth-order valence-corrected chi connectivity index (χ4v) is 3.62. The van der Waals surface area contributed by atoms with Gasteiger partial charge in [-0.3, -0.25) is 4.79 Å². The smallest absolute Gasteiger partial charge is 0.251 e. The van der Waals surface area contributed by atoms with Gasteiger partial charge in [0.25, 0.3) is 5.91 Å². The molecular weight excluding hydrogens is 266 g/mol. The zero-order valence-corrected chi connectivity index (χ0v) is 12.1. The molecular formula is C16H19N3O2. The van der Waals surface area contributed by atoms with Crippen LogP contribution in [0.2, 0.25) is 0 Å². The first kappa shape index (κ1) is 12.8. The van der Waals surface area contributed by atoms with Crippen molar-refractivity contribution in [2.24, 2.45) is 5.92 Å². The van der Waals surface area contributed by atoms with Gasteiger partial charge >= 0.3 is 0 Å². The summed E-state index contributed by atoms with van der Waals surface area (Å²) in [6.07, 6.45) is 2.38. The lowest BCUT2D eigenvalue weighted by molar-refractivity contribution is 0.0909. The van der Waals surface area contributed by atoms with Gasteiger partial charge in [-0.15, -0.1) is 0 Å². The fraction of sp³-hybridized carbons (Fsp3) is 0.500. The van der Waals surface area contributed by atoms with Crippen molar-refractivity contribution >= 4 is 17.0 Å². The number of hydrogen-bond acceptors (Lipinski definition) is 4. The minimum atomic E-state index is -0.00921. The molecule has 1 N–H and O–H groups in total. The van der Waals surface area contributed by atoms with E-state index in [9.17, 15) is 4.79 Å². The maximum absolute atomic E-state index is 12.4. The Morgan fingerprint density at radius 2 is 2.33 bits per heavy atom. The molecule has 5 heteroatoms. The van der Waals surface area contributed by atoms with Crippen LogP contribution < -0.4 is 5.32 Å². The van der Waals surface area contributed by atoms with E-state index in [-0.39, 0.29) is 11.9 Å². The summed E-state index contributed by atoms with van der Waals surface area (Å²) < 4.78 is 5.44. The number of oxazole rings is 1. The Hall–Kier alpha value is -1.88. The molecule has 21 heavy (non-hydrogen) atoms. The van der Waals surface area contributed by atoms with Crippen LogP contribution in [0.1, 0.15) is 29.1 Å². The Morgan fingerprint density at radius 3 is 3.19 bits per heavy atom. The SMILES string of the molecule is Cc1nc2cc(C(=O)NC3CC4CCN(C4)C3)ccc2o1. The summed E-state index contributed by atoms with van der Waals surface area (Å²) >= 11 is 0. The van der Waals surface area contributed by atoms with Gasteiger partial charge in [-0.1, -0.05) is 0 Å². The van der Waals surface area contributed by atoms with Crippen molar-refractivity contribution in [3.63, 3.8) is 0 Å². The summed E-state index contributed by atoms with van der Waals surface area (Å²) in [5.41, 5.74) is 2.13. The topological polar surface area (TPSA) is 58.4 Å². The van der Waals surface area contributed by atoms with Crippen LogP contribution in [0.3, 0.4) is 0 Å². The molecule has 5 nitrogen and oxygen atoms in total. The number of carbonyl (C=O) groups excluding carboxylic acids is 1. The number of carbonyl (C=O) groups is 1. The molecule has 2 aliphatic rings. The number of aromatic nitrogens is 1. The Bertz CT molecular complexity index is 682. The van der Waals surface area contributed by atoms with E-state index in [2.05, 4.69) is 15.2 Å². The van der Waals surface area contributed by atoms with E-state index >= 15 is 0 Å². The monoisotopic (exact) mass is 285 g/mol. The maximum Gasteiger partial charge on any atom is 0.251 e. The first-order valence-electron chi connectivity index (χ1n) is 7.58. The lowest BCUT2D eigenvalue weighted by Crippen LogP contribution is -2.47. The summed E-state index contributed by atoms with van der Waals surface area (Å²) in [5, 5.41) is 3.17. The number of aryl methyl sites for hydroxylation is 1. The van der Waals surface area contributed by atoms with Crippen LogP contribution in [0.4, 0.5) is 0 Å².